The van der Waals surface area contributed by atoms with Crippen LogP contribution in [0.4, 0.5) is 5.69 Å². The number of fused-ring (bicyclic) bond motifs is 1. The fraction of sp³-hybridized carbons (Fsp3) is 0.231. The molecule has 0 aromatic heterocycles. The third-order valence-electron chi connectivity index (χ3n) is 5.74. The SMILES string of the molecule is COc1cccc(C(=O)C[C@]2(O)C(=O)N(CCCc3ccccc3)c3ccccc32)c1. The minimum atomic E-state index is -1.87. The molecule has 0 saturated carbocycles. The van der Waals surface area contributed by atoms with Gasteiger partial charge in [-0.25, -0.2) is 0 Å². The van der Waals surface area contributed by atoms with E-state index in [1.165, 1.54) is 12.7 Å². The van der Waals surface area contributed by atoms with Crippen molar-refractivity contribution in [2.24, 2.45) is 0 Å². The molecule has 0 saturated heterocycles. The smallest absolute Gasteiger partial charge is 0.264 e. The topological polar surface area (TPSA) is 66.8 Å². The van der Waals surface area contributed by atoms with E-state index in [0.29, 0.717) is 29.1 Å². The third kappa shape index (κ3) is 4.09. The highest BCUT2D eigenvalue weighted by molar-refractivity contribution is 6.10. The molecule has 31 heavy (non-hydrogen) atoms. The summed E-state index contributed by atoms with van der Waals surface area (Å²) in [6, 6.07) is 24.0. The van der Waals surface area contributed by atoms with Gasteiger partial charge in [-0.2, -0.15) is 0 Å². The number of hydrogen-bond donors (Lipinski definition) is 1. The van der Waals surface area contributed by atoms with Gasteiger partial charge in [0.2, 0.25) is 0 Å². The number of carbonyl (C=O) groups excluding carboxylic acids is 2. The van der Waals surface area contributed by atoms with Crippen LogP contribution in [0.3, 0.4) is 0 Å². The average molecular weight is 415 g/mol. The third-order valence-corrected chi connectivity index (χ3v) is 5.74. The van der Waals surface area contributed by atoms with Gasteiger partial charge in [-0.15, -0.1) is 0 Å². The maximum atomic E-state index is 13.3. The Morgan fingerprint density at radius 3 is 2.52 bits per heavy atom. The van der Waals surface area contributed by atoms with Crippen molar-refractivity contribution in [2.75, 3.05) is 18.6 Å². The molecule has 5 heteroatoms. The minimum absolute atomic E-state index is 0.310. The molecule has 1 aliphatic heterocycles. The van der Waals surface area contributed by atoms with Gasteiger partial charge in [-0.05, 0) is 36.6 Å². The van der Waals surface area contributed by atoms with E-state index in [9.17, 15) is 14.7 Å². The molecule has 1 heterocycles. The summed E-state index contributed by atoms with van der Waals surface area (Å²) in [5.74, 6) is -0.202. The highest BCUT2D eigenvalue weighted by Gasteiger charge is 2.50. The molecule has 5 nitrogen and oxygen atoms in total. The predicted molar refractivity (Wildman–Crippen MR) is 119 cm³/mol. The molecule has 0 aliphatic carbocycles. The molecule has 3 aromatic rings. The first-order chi connectivity index (χ1) is 15.0. The summed E-state index contributed by atoms with van der Waals surface area (Å²) in [5, 5.41) is 11.4. The Kier molecular flexibility index (Phi) is 5.87. The van der Waals surface area contributed by atoms with Crippen LogP contribution in [0.15, 0.2) is 78.9 Å². The van der Waals surface area contributed by atoms with Gasteiger partial charge >= 0.3 is 0 Å². The number of Topliss-reactive ketones (excluding diaryl/α,β-unsaturated/α-hetero) is 1. The molecule has 158 valence electrons. The van der Waals surface area contributed by atoms with E-state index in [1.54, 1.807) is 41.3 Å². The van der Waals surface area contributed by atoms with Crippen molar-refractivity contribution < 1.29 is 19.4 Å². The Hall–Kier alpha value is -3.44. The normalized spacial score (nSPS) is 17.5. The summed E-state index contributed by atoms with van der Waals surface area (Å²) in [6.45, 7) is 0.473. The number of anilines is 1. The van der Waals surface area contributed by atoms with Crippen LogP contribution in [-0.2, 0) is 16.8 Å². The zero-order chi connectivity index (χ0) is 21.8. The van der Waals surface area contributed by atoms with Gasteiger partial charge in [0.1, 0.15) is 5.75 Å². The summed E-state index contributed by atoms with van der Waals surface area (Å²) in [4.78, 5) is 27.9. The Bertz CT molecular complexity index is 1100. The van der Waals surface area contributed by atoms with Crippen molar-refractivity contribution in [3.05, 3.63) is 95.6 Å². The zero-order valence-electron chi connectivity index (χ0n) is 17.5. The number of para-hydroxylation sites is 1. The molecular weight excluding hydrogens is 390 g/mol. The molecule has 0 unspecified atom stereocenters. The van der Waals surface area contributed by atoms with Crippen LogP contribution in [0.5, 0.6) is 5.75 Å². The van der Waals surface area contributed by atoms with Crippen LogP contribution < -0.4 is 9.64 Å². The molecule has 3 aromatic carbocycles. The van der Waals surface area contributed by atoms with Crippen molar-refractivity contribution in [1.29, 1.82) is 0 Å². The maximum Gasteiger partial charge on any atom is 0.264 e. The fourth-order valence-corrected chi connectivity index (χ4v) is 4.12. The molecule has 0 spiro atoms. The number of benzene rings is 3. The van der Waals surface area contributed by atoms with E-state index >= 15 is 0 Å². The van der Waals surface area contributed by atoms with Gasteiger partial charge < -0.3 is 14.7 Å². The average Bonchev–Trinajstić information content (AvgIpc) is 3.01. The van der Waals surface area contributed by atoms with Crippen molar-refractivity contribution in [3.8, 4) is 5.75 Å². The van der Waals surface area contributed by atoms with Crippen LogP contribution in [0.2, 0.25) is 0 Å². The van der Waals surface area contributed by atoms with Gasteiger partial charge in [0, 0.05) is 17.7 Å². The Morgan fingerprint density at radius 1 is 1.00 bits per heavy atom. The summed E-state index contributed by atoms with van der Waals surface area (Å²) in [6.07, 6.45) is 1.27. The van der Waals surface area contributed by atoms with E-state index in [0.717, 1.165) is 12.8 Å². The van der Waals surface area contributed by atoms with E-state index in [-0.39, 0.29) is 12.2 Å². The second kappa shape index (κ2) is 8.74. The molecule has 1 N–H and O–H groups in total. The molecule has 1 amide bonds. The van der Waals surface area contributed by atoms with Crippen LogP contribution in [0, 0.1) is 0 Å². The fourth-order valence-electron chi connectivity index (χ4n) is 4.12. The Balaban J connectivity index is 1.55. The van der Waals surface area contributed by atoms with Gasteiger partial charge in [0.05, 0.1) is 19.2 Å². The lowest BCUT2D eigenvalue weighted by Crippen LogP contribution is -2.42. The summed E-state index contributed by atoms with van der Waals surface area (Å²) >= 11 is 0. The van der Waals surface area contributed by atoms with E-state index in [1.807, 2.05) is 30.3 Å². The maximum absolute atomic E-state index is 13.3. The number of rotatable bonds is 8. The van der Waals surface area contributed by atoms with Crippen LogP contribution in [-0.4, -0.2) is 30.5 Å². The number of hydrogen-bond acceptors (Lipinski definition) is 4. The number of nitrogens with zero attached hydrogens (tertiary/aromatic N) is 1. The number of ether oxygens (including phenoxy) is 1. The van der Waals surface area contributed by atoms with Crippen molar-refractivity contribution in [3.63, 3.8) is 0 Å². The monoisotopic (exact) mass is 415 g/mol. The lowest BCUT2D eigenvalue weighted by Gasteiger charge is -2.23. The van der Waals surface area contributed by atoms with Crippen LogP contribution in [0.1, 0.15) is 34.3 Å². The van der Waals surface area contributed by atoms with Gasteiger partial charge in [-0.3, -0.25) is 9.59 Å². The van der Waals surface area contributed by atoms with Gasteiger partial charge in [0.25, 0.3) is 5.91 Å². The number of aryl methyl sites for hydroxylation is 1. The predicted octanol–water partition coefficient (Wildman–Crippen LogP) is 4.14. The van der Waals surface area contributed by atoms with Crippen molar-refractivity contribution >= 4 is 17.4 Å². The molecular formula is C26H25NO4. The van der Waals surface area contributed by atoms with E-state index < -0.39 is 11.5 Å². The number of amides is 1. The Labute approximate surface area is 181 Å². The lowest BCUT2D eigenvalue weighted by molar-refractivity contribution is -0.135. The zero-order valence-corrected chi connectivity index (χ0v) is 17.5. The van der Waals surface area contributed by atoms with Gasteiger partial charge in [0.15, 0.2) is 11.4 Å². The van der Waals surface area contributed by atoms with Gasteiger partial charge in [-0.1, -0.05) is 60.7 Å². The first-order valence-corrected chi connectivity index (χ1v) is 10.4. The standard InChI is InChI=1S/C26H25NO4/c1-31-21-13-7-12-20(17-21)24(28)18-26(30)22-14-5-6-15-23(22)27(25(26)29)16-8-11-19-9-3-2-4-10-19/h2-7,9-10,12-15,17,30H,8,11,16,18H2,1H3/t26-/m1/s1. The summed E-state index contributed by atoms with van der Waals surface area (Å²) in [5.41, 5.74) is 0.882. The van der Waals surface area contributed by atoms with Crippen LogP contribution in [0.25, 0.3) is 0 Å². The van der Waals surface area contributed by atoms with Crippen molar-refractivity contribution in [2.45, 2.75) is 24.9 Å². The second-order valence-corrected chi connectivity index (χ2v) is 7.76. The van der Waals surface area contributed by atoms with Crippen LogP contribution >= 0.6 is 0 Å². The first kappa shape index (κ1) is 20.8. The number of methoxy groups -OCH3 is 1. The molecule has 0 bridgehead atoms. The van der Waals surface area contributed by atoms with E-state index in [2.05, 4.69) is 12.1 Å². The second-order valence-electron chi connectivity index (χ2n) is 7.76. The minimum Gasteiger partial charge on any atom is -0.497 e. The Morgan fingerprint density at radius 2 is 1.74 bits per heavy atom. The summed E-state index contributed by atoms with van der Waals surface area (Å²) < 4.78 is 5.19. The number of aliphatic hydroxyl groups is 1. The number of ketones is 1. The van der Waals surface area contributed by atoms with E-state index in [4.69, 9.17) is 4.74 Å². The largest absolute Gasteiger partial charge is 0.497 e. The molecule has 1 aliphatic rings. The molecule has 0 fully saturated rings. The quantitative estimate of drug-likeness (QED) is 0.562. The lowest BCUT2D eigenvalue weighted by atomic mass is 9.88. The van der Waals surface area contributed by atoms with Crippen molar-refractivity contribution in [1.82, 2.24) is 0 Å². The highest BCUT2D eigenvalue weighted by Crippen LogP contribution is 2.43. The number of carbonyl (C=O) groups is 2. The summed E-state index contributed by atoms with van der Waals surface area (Å²) in [7, 11) is 1.53. The molecule has 1 atom stereocenters. The molecule has 0 radical (unpaired) electrons. The highest BCUT2D eigenvalue weighted by atomic mass is 16.5. The first-order valence-electron chi connectivity index (χ1n) is 10.4. The molecule has 4 rings (SSSR count).